The van der Waals surface area contributed by atoms with Crippen LogP contribution in [-0.4, -0.2) is 38.5 Å². The summed E-state index contributed by atoms with van der Waals surface area (Å²) in [5.41, 5.74) is 0. The van der Waals surface area contributed by atoms with Gasteiger partial charge in [-0.1, -0.05) is 19.3 Å². The van der Waals surface area contributed by atoms with Gasteiger partial charge in [-0.2, -0.15) is 0 Å². The average molecular weight is 229 g/mol. The molecule has 1 N–H and O–H groups in total. The Labute approximate surface area is 99.9 Å². The highest BCUT2D eigenvalue weighted by atomic mass is 16.5. The van der Waals surface area contributed by atoms with Gasteiger partial charge in [-0.25, -0.2) is 0 Å². The predicted molar refractivity (Wildman–Crippen MR) is 66.8 cm³/mol. The van der Waals surface area contributed by atoms with Crippen LogP contribution in [0, 0.1) is 0 Å². The fourth-order valence-corrected chi connectivity index (χ4v) is 2.45. The van der Waals surface area contributed by atoms with Crippen LogP contribution in [0.15, 0.2) is 0 Å². The van der Waals surface area contributed by atoms with E-state index in [9.17, 15) is 0 Å². The van der Waals surface area contributed by atoms with E-state index in [4.69, 9.17) is 9.47 Å². The van der Waals surface area contributed by atoms with E-state index < -0.39 is 0 Å². The molecule has 1 aliphatic carbocycles. The van der Waals surface area contributed by atoms with Gasteiger partial charge in [-0.3, -0.25) is 0 Å². The fourth-order valence-electron chi connectivity index (χ4n) is 2.45. The van der Waals surface area contributed by atoms with Crippen molar-refractivity contribution in [1.29, 1.82) is 0 Å². The minimum absolute atomic E-state index is 0.381. The molecule has 3 nitrogen and oxygen atoms in total. The van der Waals surface area contributed by atoms with E-state index >= 15 is 0 Å². The first kappa shape index (κ1) is 13.9. The van der Waals surface area contributed by atoms with Crippen molar-refractivity contribution in [2.45, 2.75) is 64.1 Å². The molecule has 0 spiro atoms. The Kier molecular flexibility index (Phi) is 7.01. The SMILES string of the molecule is CCOCC(C)NC1CCCCCC1OC. The Balaban J connectivity index is 2.35. The van der Waals surface area contributed by atoms with Crippen LogP contribution in [0.3, 0.4) is 0 Å². The highest BCUT2D eigenvalue weighted by Crippen LogP contribution is 2.20. The Morgan fingerprint density at radius 2 is 2.00 bits per heavy atom. The highest BCUT2D eigenvalue weighted by molar-refractivity contribution is 4.82. The molecule has 1 saturated carbocycles. The molecule has 0 aliphatic heterocycles. The number of ether oxygens (including phenoxy) is 2. The van der Waals surface area contributed by atoms with E-state index in [0.717, 1.165) is 13.2 Å². The molecule has 3 unspecified atom stereocenters. The standard InChI is InChI=1S/C13H27NO2/c1-4-16-10-11(2)14-12-8-6-5-7-9-13(12)15-3/h11-14H,4-10H2,1-3H3. The van der Waals surface area contributed by atoms with Crippen LogP contribution in [-0.2, 0) is 9.47 Å². The number of nitrogens with one attached hydrogen (secondary N) is 1. The second-order valence-electron chi connectivity index (χ2n) is 4.75. The molecular weight excluding hydrogens is 202 g/mol. The average Bonchev–Trinajstić information content (AvgIpc) is 2.51. The molecule has 0 aromatic heterocycles. The minimum Gasteiger partial charge on any atom is -0.380 e. The van der Waals surface area contributed by atoms with Crippen molar-refractivity contribution in [3.05, 3.63) is 0 Å². The summed E-state index contributed by atoms with van der Waals surface area (Å²) in [6.45, 7) is 5.82. The van der Waals surface area contributed by atoms with Crippen molar-refractivity contribution in [2.24, 2.45) is 0 Å². The summed E-state index contributed by atoms with van der Waals surface area (Å²) in [6.07, 6.45) is 6.77. The molecule has 3 heteroatoms. The molecule has 96 valence electrons. The van der Waals surface area contributed by atoms with E-state index in [0.29, 0.717) is 18.2 Å². The van der Waals surface area contributed by atoms with Crippen molar-refractivity contribution in [2.75, 3.05) is 20.3 Å². The Bertz CT molecular complexity index is 175. The third-order valence-corrected chi connectivity index (χ3v) is 3.33. The lowest BCUT2D eigenvalue weighted by Crippen LogP contribution is -2.46. The fraction of sp³-hybridized carbons (Fsp3) is 1.00. The lowest BCUT2D eigenvalue weighted by Gasteiger charge is -2.28. The van der Waals surface area contributed by atoms with Gasteiger partial charge in [0.05, 0.1) is 12.7 Å². The van der Waals surface area contributed by atoms with Crippen LogP contribution >= 0.6 is 0 Å². The zero-order valence-corrected chi connectivity index (χ0v) is 11.0. The van der Waals surface area contributed by atoms with Gasteiger partial charge in [-0.05, 0) is 26.7 Å². The Hall–Kier alpha value is -0.120. The second kappa shape index (κ2) is 8.04. The molecule has 0 aromatic carbocycles. The summed E-state index contributed by atoms with van der Waals surface area (Å²) < 4.78 is 11.0. The van der Waals surface area contributed by atoms with Crippen LogP contribution in [0.4, 0.5) is 0 Å². The topological polar surface area (TPSA) is 30.5 Å². The van der Waals surface area contributed by atoms with Crippen molar-refractivity contribution in [3.63, 3.8) is 0 Å². The molecule has 0 bridgehead atoms. The van der Waals surface area contributed by atoms with E-state index in [1.807, 2.05) is 14.0 Å². The van der Waals surface area contributed by atoms with Crippen molar-refractivity contribution in [1.82, 2.24) is 5.32 Å². The van der Waals surface area contributed by atoms with Crippen LogP contribution in [0.2, 0.25) is 0 Å². The molecule has 0 radical (unpaired) electrons. The molecule has 0 heterocycles. The van der Waals surface area contributed by atoms with Gasteiger partial charge in [0.2, 0.25) is 0 Å². The maximum atomic E-state index is 5.59. The van der Waals surface area contributed by atoms with E-state index in [1.54, 1.807) is 0 Å². The largest absolute Gasteiger partial charge is 0.380 e. The van der Waals surface area contributed by atoms with Gasteiger partial charge < -0.3 is 14.8 Å². The quantitative estimate of drug-likeness (QED) is 0.709. The summed E-state index contributed by atoms with van der Waals surface area (Å²) in [5.74, 6) is 0. The van der Waals surface area contributed by atoms with Gasteiger partial charge in [0.15, 0.2) is 0 Å². The zero-order chi connectivity index (χ0) is 11.8. The van der Waals surface area contributed by atoms with Gasteiger partial charge in [0.25, 0.3) is 0 Å². The molecule has 0 saturated heterocycles. The lowest BCUT2D eigenvalue weighted by molar-refractivity contribution is 0.0507. The molecular formula is C13H27NO2. The summed E-state index contributed by atoms with van der Waals surface area (Å²) in [6, 6.07) is 0.920. The highest BCUT2D eigenvalue weighted by Gasteiger charge is 2.24. The minimum atomic E-state index is 0.381. The number of hydrogen-bond acceptors (Lipinski definition) is 3. The molecule has 1 rings (SSSR count). The number of hydrogen-bond donors (Lipinski definition) is 1. The summed E-state index contributed by atoms with van der Waals surface area (Å²) >= 11 is 0. The van der Waals surface area contributed by atoms with Crippen LogP contribution in [0.1, 0.15) is 46.0 Å². The van der Waals surface area contributed by atoms with Crippen molar-refractivity contribution >= 4 is 0 Å². The molecule has 0 amide bonds. The zero-order valence-electron chi connectivity index (χ0n) is 11.0. The second-order valence-corrected chi connectivity index (χ2v) is 4.75. The normalized spacial score (nSPS) is 28.7. The molecule has 0 aromatic rings. The molecule has 1 aliphatic rings. The Morgan fingerprint density at radius 3 is 2.69 bits per heavy atom. The third-order valence-electron chi connectivity index (χ3n) is 3.33. The lowest BCUT2D eigenvalue weighted by atomic mass is 10.1. The first-order chi connectivity index (χ1) is 7.77. The number of rotatable bonds is 6. The van der Waals surface area contributed by atoms with Gasteiger partial charge in [0.1, 0.15) is 0 Å². The van der Waals surface area contributed by atoms with Crippen LogP contribution < -0.4 is 5.32 Å². The van der Waals surface area contributed by atoms with E-state index in [1.165, 1.54) is 32.1 Å². The van der Waals surface area contributed by atoms with Crippen molar-refractivity contribution < 1.29 is 9.47 Å². The van der Waals surface area contributed by atoms with Crippen molar-refractivity contribution in [3.8, 4) is 0 Å². The van der Waals surface area contributed by atoms with Gasteiger partial charge in [-0.15, -0.1) is 0 Å². The van der Waals surface area contributed by atoms with Gasteiger partial charge in [0, 0.05) is 25.8 Å². The maximum absolute atomic E-state index is 5.59. The van der Waals surface area contributed by atoms with E-state index in [-0.39, 0.29) is 0 Å². The van der Waals surface area contributed by atoms with Gasteiger partial charge >= 0.3 is 0 Å². The third kappa shape index (κ3) is 4.81. The van der Waals surface area contributed by atoms with Crippen LogP contribution in [0.25, 0.3) is 0 Å². The summed E-state index contributed by atoms with van der Waals surface area (Å²) in [5, 5.41) is 3.64. The summed E-state index contributed by atoms with van der Waals surface area (Å²) in [7, 11) is 1.83. The predicted octanol–water partition coefficient (Wildman–Crippen LogP) is 2.35. The first-order valence-corrected chi connectivity index (χ1v) is 6.64. The maximum Gasteiger partial charge on any atom is 0.0724 e. The smallest absolute Gasteiger partial charge is 0.0724 e. The number of methoxy groups -OCH3 is 1. The molecule has 3 atom stereocenters. The first-order valence-electron chi connectivity index (χ1n) is 6.64. The molecule has 16 heavy (non-hydrogen) atoms. The Morgan fingerprint density at radius 1 is 1.25 bits per heavy atom. The van der Waals surface area contributed by atoms with E-state index in [2.05, 4.69) is 12.2 Å². The molecule has 1 fully saturated rings. The summed E-state index contributed by atoms with van der Waals surface area (Å²) in [4.78, 5) is 0. The van der Waals surface area contributed by atoms with Crippen LogP contribution in [0.5, 0.6) is 0 Å². The monoisotopic (exact) mass is 229 g/mol.